The van der Waals surface area contributed by atoms with Crippen LogP contribution in [0, 0.1) is 11.8 Å². The molecule has 2 amide bonds. The van der Waals surface area contributed by atoms with Crippen molar-refractivity contribution < 1.29 is 9.53 Å². The van der Waals surface area contributed by atoms with Gasteiger partial charge in [-0.3, -0.25) is 0 Å². The lowest BCUT2D eigenvalue weighted by atomic mass is 9.91. The lowest BCUT2D eigenvalue weighted by Gasteiger charge is -2.27. The minimum Gasteiger partial charge on any atom is -0.495 e. The molecule has 1 N–H and O–H groups in total. The second kappa shape index (κ2) is 7.41. The summed E-state index contributed by atoms with van der Waals surface area (Å²) >= 11 is 6.02. The third kappa shape index (κ3) is 4.09. The third-order valence-electron chi connectivity index (χ3n) is 4.54. The van der Waals surface area contributed by atoms with E-state index in [0.717, 1.165) is 13.1 Å². The first-order valence-electron chi connectivity index (χ1n) is 7.89. The number of methoxy groups -OCH3 is 1. The maximum absolute atomic E-state index is 12.6. The molecule has 1 heterocycles. The number of nitrogens with zero attached hydrogens (tertiary/aromatic N) is 2. The Morgan fingerprint density at radius 2 is 2.09 bits per heavy atom. The van der Waals surface area contributed by atoms with Gasteiger partial charge in [-0.05, 0) is 44.1 Å². The van der Waals surface area contributed by atoms with Gasteiger partial charge >= 0.3 is 6.03 Å². The highest BCUT2D eigenvalue weighted by Crippen LogP contribution is 2.30. The van der Waals surface area contributed by atoms with Crippen LogP contribution in [0.25, 0.3) is 0 Å². The van der Waals surface area contributed by atoms with E-state index in [2.05, 4.69) is 38.2 Å². The number of hydrogen-bond acceptors (Lipinski definition) is 3. The van der Waals surface area contributed by atoms with E-state index in [1.807, 2.05) is 4.90 Å². The Balaban J connectivity index is 2.11. The number of carbonyl (C=O) groups is 1. The number of anilines is 1. The molecule has 0 spiro atoms. The summed E-state index contributed by atoms with van der Waals surface area (Å²) in [7, 11) is 5.72. The topological polar surface area (TPSA) is 44.8 Å². The molecule has 1 fully saturated rings. The first-order chi connectivity index (χ1) is 10.8. The normalized spacial score (nSPS) is 21.1. The number of rotatable bonds is 4. The van der Waals surface area contributed by atoms with Crippen molar-refractivity contribution in [1.82, 2.24) is 9.80 Å². The lowest BCUT2D eigenvalue weighted by molar-refractivity contribution is 0.212. The fraction of sp³-hybridized carbons (Fsp3) is 0.588. The van der Waals surface area contributed by atoms with Gasteiger partial charge in [0.05, 0.1) is 12.8 Å². The highest BCUT2D eigenvalue weighted by Gasteiger charge is 2.38. The summed E-state index contributed by atoms with van der Waals surface area (Å²) in [5.74, 6) is 1.60. The maximum Gasteiger partial charge on any atom is 0.322 e. The van der Waals surface area contributed by atoms with Crippen molar-refractivity contribution in [2.45, 2.75) is 19.9 Å². The van der Waals surface area contributed by atoms with E-state index in [4.69, 9.17) is 16.3 Å². The molecule has 23 heavy (non-hydrogen) atoms. The number of carbonyl (C=O) groups excluding carboxylic acids is 1. The molecular weight excluding hydrogens is 314 g/mol. The van der Waals surface area contributed by atoms with Crippen LogP contribution in [0.1, 0.15) is 13.8 Å². The molecule has 0 radical (unpaired) electrons. The van der Waals surface area contributed by atoms with Gasteiger partial charge in [-0.25, -0.2) is 4.79 Å². The number of hydrogen-bond donors (Lipinski definition) is 1. The van der Waals surface area contributed by atoms with Gasteiger partial charge in [0.25, 0.3) is 0 Å². The van der Waals surface area contributed by atoms with Gasteiger partial charge in [-0.15, -0.1) is 0 Å². The SMILES string of the molecule is COc1ccc(Cl)cc1NC(=O)N1C[C@@H](N(C)C)[C@H](C(C)C)C1. The molecule has 5 nitrogen and oxygen atoms in total. The Hall–Kier alpha value is -1.46. The van der Waals surface area contributed by atoms with Gasteiger partial charge in [0, 0.05) is 24.2 Å². The summed E-state index contributed by atoms with van der Waals surface area (Å²) in [4.78, 5) is 16.7. The van der Waals surface area contributed by atoms with Crippen molar-refractivity contribution in [1.29, 1.82) is 0 Å². The molecule has 1 aromatic carbocycles. The minimum absolute atomic E-state index is 0.111. The van der Waals surface area contributed by atoms with E-state index >= 15 is 0 Å². The fourth-order valence-corrected chi connectivity index (χ4v) is 3.32. The molecule has 1 aliphatic rings. The van der Waals surface area contributed by atoms with Gasteiger partial charge in [-0.2, -0.15) is 0 Å². The van der Waals surface area contributed by atoms with Crippen LogP contribution in [-0.2, 0) is 0 Å². The number of amides is 2. The minimum atomic E-state index is -0.111. The number of ether oxygens (including phenoxy) is 1. The second-order valence-corrected chi connectivity index (χ2v) is 7.06. The van der Waals surface area contributed by atoms with Crippen LogP contribution in [0.2, 0.25) is 5.02 Å². The van der Waals surface area contributed by atoms with Crippen LogP contribution >= 0.6 is 11.6 Å². The van der Waals surface area contributed by atoms with E-state index in [0.29, 0.717) is 34.3 Å². The van der Waals surface area contributed by atoms with Crippen LogP contribution < -0.4 is 10.1 Å². The van der Waals surface area contributed by atoms with E-state index in [1.54, 1.807) is 25.3 Å². The van der Waals surface area contributed by atoms with Gasteiger partial charge < -0.3 is 19.9 Å². The Bertz CT molecular complexity index is 547. The molecule has 2 atom stereocenters. The Kier molecular flexibility index (Phi) is 5.76. The lowest BCUT2D eigenvalue weighted by Crippen LogP contribution is -2.38. The van der Waals surface area contributed by atoms with E-state index < -0.39 is 0 Å². The molecule has 0 aliphatic carbocycles. The predicted molar refractivity (Wildman–Crippen MR) is 94.4 cm³/mol. The number of urea groups is 1. The first-order valence-corrected chi connectivity index (χ1v) is 8.27. The van der Waals surface area contributed by atoms with Gasteiger partial charge in [0.2, 0.25) is 0 Å². The number of likely N-dealkylation sites (N-methyl/N-ethyl adjacent to an activating group) is 1. The Labute approximate surface area is 143 Å². The summed E-state index contributed by atoms with van der Waals surface area (Å²) in [5.41, 5.74) is 0.597. The predicted octanol–water partition coefficient (Wildman–Crippen LogP) is 3.40. The average Bonchev–Trinajstić information content (AvgIpc) is 2.93. The second-order valence-electron chi connectivity index (χ2n) is 6.62. The molecule has 1 aliphatic heterocycles. The molecular formula is C17H26ClN3O2. The number of benzene rings is 1. The van der Waals surface area contributed by atoms with Crippen molar-refractivity contribution in [3.63, 3.8) is 0 Å². The van der Waals surface area contributed by atoms with Gasteiger partial charge in [-0.1, -0.05) is 25.4 Å². The average molecular weight is 340 g/mol. The van der Waals surface area contributed by atoms with Gasteiger partial charge in [0.1, 0.15) is 5.75 Å². The molecule has 0 bridgehead atoms. The first kappa shape index (κ1) is 17.9. The van der Waals surface area contributed by atoms with Crippen LogP contribution in [0.3, 0.4) is 0 Å². The smallest absolute Gasteiger partial charge is 0.322 e. The Morgan fingerprint density at radius 1 is 1.39 bits per heavy atom. The third-order valence-corrected chi connectivity index (χ3v) is 4.78. The standard InChI is InChI=1S/C17H26ClN3O2/c1-11(2)13-9-21(10-15(13)20(3)4)17(22)19-14-8-12(18)6-7-16(14)23-5/h6-8,11,13,15H,9-10H2,1-5H3,(H,19,22)/t13-,15+/m0/s1. The van der Waals surface area contributed by atoms with Crippen molar-refractivity contribution in [2.24, 2.45) is 11.8 Å². The summed E-state index contributed by atoms with van der Waals surface area (Å²) in [6.45, 7) is 5.91. The molecule has 128 valence electrons. The summed E-state index contributed by atoms with van der Waals surface area (Å²) < 4.78 is 5.28. The van der Waals surface area contributed by atoms with E-state index in [1.165, 1.54) is 0 Å². The summed E-state index contributed by atoms with van der Waals surface area (Å²) in [6.07, 6.45) is 0. The summed E-state index contributed by atoms with van der Waals surface area (Å²) in [6, 6.07) is 5.46. The van der Waals surface area contributed by atoms with Gasteiger partial charge in [0.15, 0.2) is 0 Å². The molecule has 1 aromatic rings. The van der Waals surface area contributed by atoms with Crippen molar-refractivity contribution in [3.05, 3.63) is 23.2 Å². The zero-order chi connectivity index (χ0) is 17.1. The van der Waals surface area contributed by atoms with E-state index in [-0.39, 0.29) is 6.03 Å². The molecule has 0 aromatic heterocycles. The quantitative estimate of drug-likeness (QED) is 0.914. The van der Waals surface area contributed by atoms with Crippen LogP contribution in [0.4, 0.5) is 10.5 Å². The van der Waals surface area contributed by atoms with Crippen molar-refractivity contribution in [3.8, 4) is 5.75 Å². The van der Waals surface area contributed by atoms with Crippen LogP contribution in [0.5, 0.6) is 5.75 Å². The monoisotopic (exact) mass is 339 g/mol. The molecule has 2 rings (SSSR count). The number of halogens is 1. The van der Waals surface area contributed by atoms with Crippen LogP contribution in [0.15, 0.2) is 18.2 Å². The summed E-state index contributed by atoms with van der Waals surface area (Å²) in [5, 5.41) is 3.49. The van der Waals surface area contributed by atoms with Crippen molar-refractivity contribution in [2.75, 3.05) is 39.6 Å². The van der Waals surface area contributed by atoms with Crippen LogP contribution in [-0.4, -0.2) is 56.2 Å². The largest absolute Gasteiger partial charge is 0.495 e. The highest BCUT2D eigenvalue weighted by molar-refractivity contribution is 6.31. The molecule has 0 unspecified atom stereocenters. The molecule has 6 heteroatoms. The number of likely N-dealkylation sites (tertiary alicyclic amines) is 1. The fourth-order valence-electron chi connectivity index (χ4n) is 3.15. The van der Waals surface area contributed by atoms with Crippen molar-refractivity contribution >= 4 is 23.3 Å². The molecule has 1 saturated heterocycles. The zero-order valence-corrected chi connectivity index (χ0v) is 15.2. The Morgan fingerprint density at radius 3 is 2.61 bits per heavy atom. The number of nitrogens with one attached hydrogen (secondary N) is 1. The zero-order valence-electron chi connectivity index (χ0n) is 14.5. The highest BCUT2D eigenvalue weighted by atomic mass is 35.5. The van der Waals surface area contributed by atoms with E-state index in [9.17, 15) is 4.79 Å². The maximum atomic E-state index is 12.6. The molecule has 0 saturated carbocycles.